The molecular formula is C43H77NO3. The van der Waals surface area contributed by atoms with Crippen molar-refractivity contribution in [2.75, 3.05) is 6.61 Å². The van der Waals surface area contributed by atoms with E-state index >= 15 is 0 Å². The molecule has 3 N–H and O–H groups in total. The van der Waals surface area contributed by atoms with E-state index in [2.05, 4.69) is 79.9 Å². The SMILES string of the molecule is CC/C=C\C/C=C\C/C=C\C/C=C\C/C=C\CCCCCCCC(=O)NC(CO)C(O)CCCCCCCCCCCCCCCC. The van der Waals surface area contributed by atoms with Gasteiger partial charge in [-0.2, -0.15) is 0 Å². The molecule has 0 saturated heterocycles. The van der Waals surface area contributed by atoms with Gasteiger partial charge < -0.3 is 15.5 Å². The highest BCUT2D eigenvalue weighted by molar-refractivity contribution is 5.76. The molecule has 2 unspecified atom stereocenters. The zero-order chi connectivity index (χ0) is 34.3. The number of hydrogen-bond acceptors (Lipinski definition) is 3. The first-order valence-electron chi connectivity index (χ1n) is 20.0. The highest BCUT2D eigenvalue weighted by atomic mass is 16.3. The number of carbonyl (C=O) groups excluding carboxylic acids is 1. The van der Waals surface area contributed by atoms with Gasteiger partial charge in [0.1, 0.15) is 0 Å². The van der Waals surface area contributed by atoms with Gasteiger partial charge in [-0.25, -0.2) is 0 Å². The Bertz CT molecular complexity index is 797. The molecule has 0 bridgehead atoms. The lowest BCUT2D eigenvalue weighted by atomic mass is 10.0. The molecule has 0 aromatic carbocycles. The molecule has 2 atom stereocenters. The van der Waals surface area contributed by atoms with E-state index in [4.69, 9.17) is 0 Å². The lowest BCUT2D eigenvalue weighted by Crippen LogP contribution is -2.45. The van der Waals surface area contributed by atoms with Gasteiger partial charge in [0, 0.05) is 6.42 Å². The molecule has 0 aliphatic rings. The molecule has 0 aromatic heterocycles. The summed E-state index contributed by atoms with van der Waals surface area (Å²) in [5, 5.41) is 23.1. The molecule has 0 saturated carbocycles. The topological polar surface area (TPSA) is 69.6 Å². The molecule has 4 nitrogen and oxygen atoms in total. The number of nitrogens with one attached hydrogen (secondary N) is 1. The van der Waals surface area contributed by atoms with E-state index in [1.165, 1.54) is 89.9 Å². The third kappa shape index (κ3) is 35.2. The number of aliphatic hydroxyl groups excluding tert-OH is 2. The zero-order valence-electron chi connectivity index (χ0n) is 31.0. The number of amides is 1. The predicted octanol–water partition coefficient (Wildman–Crippen LogP) is 12.2. The fraction of sp³-hybridized carbons (Fsp3) is 0.744. The van der Waals surface area contributed by atoms with Gasteiger partial charge in [0.25, 0.3) is 0 Å². The van der Waals surface area contributed by atoms with E-state index in [-0.39, 0.29) is 12.5 Å². The summed E-state index contributed by atoms with van der Waals surface area (Å²) in [6, 6.07) is -0.548. The van der Waals surface area contributed by atoms with Crippen LogP contribution in [0.25, 0.3) is 0 Å². The van der Waals surface area contributed by atoms with E-state index in [0.29, 0.717) is 12.8 Å². The Morgan fingerprint density at radius 2 is 0.936 bits per heavy atom. The van der Waals surface area contributed by atoms with Gasteiger partial charge in [0.2, 0.25) is 5.91 Å². The molecule has 272 valence electrons. The van der Waals surface area contributed by atoms with Crippen LogP contribution in [0.4, 0.5) is 0 Å². The maximum absolute atomic E-state index is 12.4. The minimum Gasteiger partial charge on any atom is -0.394 e. The second kappa shape index (κ2) is 38.5. The van der Waals surface area contributed by atoms with Crippen LogP contribution in [0, 0.1) is 0 Å². The minimum absolute atomic E-state index is 0.0529. The van der Waals surface area contributed by atoms with Crippen LogP contribution in [-0.4, -0.2) is 34.9 Å². The Balaban J connectivity index is 3.63. The zero-order valence-corrected chi connectivity index (χ0v) is 31.0. The van der Waals surface area contributed by atoms with Gasteiger partial charge in [-0.15, -0.1) is 0 Å². The molecule has 0 aliphatic heterocycles. The van der Waals surface area contributed by atoms with Crippen LogP contribution in [0.1, 0.15) is 187 Å². The summed E-state index contributed by atoms with van der Waals surface area (Å²) in [5.41, 5.74) is 0. The van der Waals surface area contributed by atoms with E-state index in [1.807, 2.05) is 0 Å². The van der Waals surface area contributed by atoms with E-state index in [1.54, 1.807) is 0 Å². The van der Waals surface area contributed by atoms with Gasteiger partial charge in [-0.1, -0.05) is 184 Å². The molecule has 4 heteroatoms. The van der Waals surface area contributed by atoms with Gasteiger partial charge in [-0.05, 0) is 57.8 Å². The Kier molecular flexibility index (Phi) is 37.0. The molecular weight excluding hydrogens is 578 g/mol. The molecule has 0 rings (SSSR count). The first-order chi connectivity index (χ1) is 23.2. The summed E-state index contributed by atoms with van der Waals surface area (Å²) in [5.74, 6) is -0.0529. The Hall–Kier alpha value is -1.91. The molecule has 0 fully saturated rings. The molecule has 1 amide bonds. The van der Waals surface area contributed by atoms with Crippen LogP contribution < -0.4 is 5.32 Å². The Labute approximate surface area is 292 Å². The second-order valence-electron chi connectivity index (χ2n) is 13.3. The van der Waals surface area contributed by atoms with Crippen LogP contribution >= 0.6 is 0 Å². The Morgan fingerprint density at radius 1 is 0.532 bits per heavy atom. The molecule has 47 heavy (non-hydrogen) atoms. The van der Waals surface area contributed by atoms with Crippen LogP contribution in [-0.2, 0) is 4.79 Å². The van der Waals surface area contributed by atoms with Crippen LogP contribution in [0.2, 0.25) is 0 Å². The van der Waals surface area contributed by atoms with Crippen LogP contribution in [0.5, 0.6) is 0 Å². The van der Waals surface area contributed by atoms with Gasteiger partial charge in [-0.3, -0.25) is 4.79 Å². The van der Waals surface area contributed by atoms with Gasteiger partial charge >= 0.3 is 0 Å². The first-order valence-corrected chi connectivity index (χ1v) is 20.0. The van der Waals surface area contributed by atoms with Crippen molar-refractivity contribution in [1.82, 2.24) is 5.32 Å². The average molecular weight is 656 g/mol. The van der Waals surface area contributed by atoms with Crippen molar-refractivity contribution in [1.29, 1.82) is 0 Å². The predicted molar refractivity (Wildman–Crippen MR) is 207 cm³/mol. The molecule has 0 heterocycles. The quantitative estimate of drug-likeness (QED) is 0.0470. The van der Waals surface area contributed by atoms with Crippen LogP contribution in [0.3, 0.4) is 0 Å². The second-order valence-corrected chi connectivity index (χ2v) is 13.3. The molecule has 0 radical (unpaired) electrons. The van der Waals surface area contributed by atoms with E-state index in [0.717, 1.165) is 70.6 Å². The van der Waals surface area contributed by atoms with Crippen LogP contribution in [0.15, 0.2) is 60.8 Å². The molecule has 0 aliphatic carbocycles. The molecule has 0 spiro atoms. The average Bonchev–Trinajstić information content (AvgIpc) is 3.07. The minimum atomic E-state index is -0.669. The van der Waals surface area contributed by atoms with Crippen molar-refractivity contribution in [3.8, 4) is 0 Å². The highest BCUT2D eigenvalue weighted by Crippen LogP contribution is 2.15. The monoisotopic (exact) mass is 656 g/mol. The van der Waals surface area contributed by atoms with Crippen molar-refractivity contribution < 1.29 is 15.0 Å². The smallest absolute Gasteiger partial charge is 0.220 e. The lowest BCUT2D eigenvalue weighted by molar-refractivity contribution is -0.123. The van der Waals surface area contributed by atoms with Crippen molar-refractivity contribution >= 4 is 5.91 Å². The van der Waals surface area contributed by atoms with E-state index < -0.39 is 12.1 Å². The largest absolute Gasteiger partial charge is 0.394 e. The summed E-state index contributed by atoms with van der Waals surface area (Å²) in [4.78, 5) is 12.4. The van der Waals surface area contributed by atoms with Gasteiger partial charge in [0.15, 0.2) is 0 Å². The number of rotatable bonds is 35. The summed E-state index contributed by atoms with van der Waals surface area (Å²) in [7, 11) is 0. The number of unbranched alkanes of at least 4 members (excludes halogenated alkanes) is 18. The highest BCUT2D eigenvalue weighted by Gasteiger charge is 2.19. The summed E-state index contributed by atoms with van der Waals surface area (Å²) >= 11 is 0. The summed E-state index contributed by atoms with van der Waals surface area (Å²) < 4.78 is 0. The Morgan fingerprint density at radius 3 is 1.40 bits per heavy atom. The lowest BCUT2D eigenvalue weighted by Gasteiger charge is -2.22. The summed E-state index contributed by atoms with van der Waals surface area (Å²) in [6.07, 6.45) is 52.8. The first kappa shape index (κ1) is 45.1. The normalized spacial score (nSPS) is 13.7. The van der Waals surface area contributed by atoms with Crippen molar-refractivity contribution in [2.24, 2.45) is 0 Å². The van der Waals surface area contributed by atoms with Gasteiger partial charge in [0.05, 0.1) is 18.8 Å². The van der Waals surface area contributed by atoms with Crippen molar-refractivity contribution in [3.05, 3.63) is 60.8 Å². The summed E-state index contributed by atoms with van der Waals surface area (Å²) in [6.45, 7) is 4.22. The molecule has 0 aromatic rings. The van der Waals surface area contributed by atoms with Crippen molar-refractivity contribution in [3.63, 3.8) is 0 Å². The number of aliphatic hydroxyl groups is 2. The fourth-order valence-corrected chi connectivity index (χ4v) is 5.74. The third-order valence-corrected chi connectivity index (χ3v) is 8.79. The standard InChI is InChI=1S/C43H77NO3/c1-3-5-7-9-11-13-15-17-19-20-21-22-23-24-25-27-29-31-33-35-37-39-43(47)44-41(40-45)42(46)38-36-34-32-30-28-26-18-16-14-12-10-8-6-4-2/h5,7,11,13,17,19,21-22,24-25,41-42,45-46H,3-4,6,8-10,12,14-16,18,20,23,26-40H2,1-2H3,(H,44,47)/b7-5-,13-11-,19-17-,22-21-,25-24-. The number of hydrogen-bond donors (Lipinski definition) is 3. The maximum Gasteiger partial charge on any atom is 0.220 e. The van der Waals surface area contributed by atoms with Crippen molar-refractivity contribution in [2.45, 2.75) is 199 Å². The van der Waals surface area contributed by atoms with E-state index in [9.17, 15) is 15.0 Å². The maximum atomic E-state index is 12.4. The fourth-order valence-electron chi connectivity index (χ4n) is 5.74. The third-order valence-electron chi connectivity index (χ3n) is 8.79. The number of allylic oxidation sites excluding steroid dienone is 10. The number of carbonyl (C=O) groups is 1.